The van der Waals surface area contributed by atoms with E-state index >= 15 is 0 Å². The molecule has 0 heterocycles. The Kier molecular flexibility index (Phi) is 4.43. The van der Waals surface area contributed by atoms with E-state index in [0.29, 0.717) is 0 Å². The molecule has 0 atom stereocenters. The quantitative estimate of drug-likeness (QED) is 0.706. The molecule has 3 aromatic rings. The number of hydrogen-bond donors (Lipinski definition) is 2. The number of nitrogens with one attached hydrogen (secondary N) is 2. The number of benzene rings is 3. The number of urea groups is 1. The van der Waals surface area contributed by atoms with Crippen molar-refractivity contribution < 1.29 is 9.53 Å². The third-order valence-corrected chi connectivity index (χ3v) is 3.50. The predicted octanol–water partition coefficient (Wildman–Crippen LogP) is 4.31. The molecule has 4 nitrogen and oxygen atoms in total. The molecule has 0 fully saturated rings. The second-order valence-electron chi connectivity index (χ2n) is 5.29. The monoisotopic (exact) mass is 306 g/mol. The van der Waals surface area contributed by atoms with E-state index in [9.17, 15) is 4.79 Å². The minimum atomic E-state index is -0.299. The minimum absolute atomic E-state index is 0.114. The van der Waals surface area contributed by atoms with Crippen LogP contribution in [0.5, 0.6) is 5.75 Å². The van der Waals surface area contributed by atoms with Crippen molar-refractivity contribution in [3.05, 3.63) is 72.3 Å². The normalized spacial score (nSPS) is 10.3. The summed E-state index contributed by atoms with van der Waals surface area (Å²) in [5, 5.41) is 7.69. The SMILES string of the molecule is Cc1ccc(OCNC(=O)Nc2ccc3ccccc3c2)cc1. The van der Waals surface area contributed by atoms with Gasteiger partial charge in [0.15, 0.2) is 6.73 Å². The van der Waals surface area contributed by atoms with Crippen LogP contribution >= 0.6 is 0 Å². The molecule has 23 heavy (non-hydrogen) atoms. The van der Waals surface area contributed by atoms with Gasteiger partial charge in [-0.3, -0.25) is 0 Å². The fourth-order valence-corrected chi connectivity index (χ4v) is 2.26. The maximum Gasteiger partial charge on any atom is 0.321 e. The Balaban J connectivity index is 1.53. The van der Waals surface area contributed by atoms with Crippen LogP contribution in [0, 0.1) is 6.92 Å². The van der Waals surface area contributed by atoms with Gasteiger partial charge in [-0.05, 0) is 42.0 Å². The van der Waals surface area contributed by atoms with Crippen LogP contribution in [-0.4, -0.2) is 12.8 Å². The van der Waals surface area contributed by atoms with E-state index < -0.39 is 0 Å². The molecule has 0 unspecified atom stereocenters. The first-order chi connectivity index (χ1) is 11.2. The fraction of sp³-hybridized carbons (Fsp3) is 0.105. The summed E-state index contributed by atoms with van der Waals surface area (Å²) in [6.45, 7) is 2.13. The molecular weight excluding hydrogens is 288 g/mol. The van der Waals surface area contributed by atoms with Gasteiger partial charge in [-0.15, -0.1) is 0 Å². The standard InChI is InChI=1S/C19H18N2O2/c1-14-6-10-18(11-7-14)23-13-20-19(22)21-17-9-8-15-4-2-3-5-16(15)12-17/h2-12H,13H2,1H3,(H2,20,21,22). The van der Waals surface area contributed by atoms with Crippen LogP contribution in [0.3, 0.4) is 0 Å². The van der Waals surface area contributed by atoms with Crippen molar-refractivity contribution in [3.63, 3.8) is 0 Å². The molecule has 3 rings (SSSR count). The molecule has 0 saturated heterocycles. The van der Waals surface area contributed by atoms with Crippen LogP contribution in [0.15, 0.2) is 66.7 Å². The molecule has 3 aromatic carbocycles. The highest BCUT2D eigenvalue weighted by Crippen LogP contribution is 2.18. The van der Waals surface area contributed by atoms with Gasteiger partial charge in [-0.25, -0.2) is 4.79 Å². The molecule has 0 aliphatic rings. The van der Waals surface area contributed by atoms with E-state index in [2.05, 4.69) is 10.6 Å². The molecule has 2 N–H and O–H groups in total. The van der Waals surface area contributed by atoms with Gasteiger partial charge in [0.25, 0.3) is 0 Å². The number of aryl methyl sites for hydroxylation is 1. The molecular formula is C19H18N2O2. The lowest BCUT2D eigenvalue weighted by atomic mass is 10.1. The van der Waals surface area contributed by atoms with E-state index in [-0.39, 0.29) is 12.8 Å². The lowest BCUT2D eigenvalue weighted by molar-refractivity contribution is 0.234. The highest BCUT2D eigenvalue weighted by molar-refractivity contribution is 5.93. The van der Waals surface area contributed by atoms with Crippen molar-refractivity contribution in [2.75, 3.05) is 12.0 Å². The van der Waals surface area contributed by atoms with Crippen LogP contribution in [0.1, 0.15) is 5.56 Å². The van der Waals surface area contributed by atoms with E-state index in [1.54, 1.807) is 0 Å². The first-order valence-corrected chi connectivity index (χ1v) is 7.44. The lowest BCUT2D eigenvalue weighted by Gasteiger charge is -2.10. The topological polar surface area (TPSA) is 50.4 Å². The number of carbonyl (C=O) groups excluding carboxylic acids is 1. The predicted molar refractivity (Wildman–Crippen MR) is 92.8 cm³/mol. The van der Waals surface area contributed by atoms with Gasteiger partial charge in [0, 0.05) is 5.69 Å². The van der Waals surface area contributed by atoms with Crippen molar-refractivity contribution in [2.45, 2.75) is 6.92 Å². The fourth-order valence-electron chi connectivity index (χ4n) is 2.26. The summed E-state index contributed by atoms with van der Waals surface area (Å²) in [4.78, 5) is 11.9. The van der Waals surface area contributed by atoms with Crippen molar-refractivity contribution >= 4 is 22.5 Å². The Hall–Kier alpha value is -3.01. The lowest BCUT2D eigenvalue weighted by Crippen LogP contribution is -2.31. The highest BCUT2D eigenvalue weighted by atomic mass is 16.5. The van der Waals surface area contributed by atoms with Gasteiger partial charge in [0.2, 0.25) is 0 Å². The minimum Gasteiger partial charge on any atom is -0.473 e. The van der Waals surface area contributed by atoms with Crippen LogP contribution < -0.4 is 15.4 Å². The Morgan fingerprint density at radius 2 is 1.70 bits per heavy atom. The Bertz CT molecular complexity index is 813. The molecule has 0 radical (unpaired) electrons. The zero-order valence-electron chi connectivity index (χ0n) is 12.9. The maximum atomic E-state index is 11.9. The first kappa shape index (κ1) is 14.9. The number of fused-ring (bicyclic) bond motifs is 1. The third-order valence-electron chi connectivity index (χ3n) is 3.50. The number of ether oxygens (including phenoxy) is 1. The summed E-state index contributed by atoms with van der Waals surface area (Å²) < 4.78 is 5.47. The van der Waals surface area contributed by atoms with Crippen molar-refractivity contribution in [1.29, 1.82) is 0 Å². The number of amides is 2. The van der Waals surface area contributed by atoms with Crippen LogP contribution in [0.4, 0.5) is 10.5 Å². The molecule has 0 aliphatic heterocycles. The average Bonchev–Trinajstić information content (AvgIpc) is 2.56. The summed E-state index contributed by atoms with van der Waals surface area (Å²) in [6.07, 6.45) is 0. The van der Waals surface area contributed by atoms with Crippen molar-refractivity contribution in [1.82, 2.24) is 5.32 Å². The first-order valence-electron chi connectivity index (χ1n) is 7.44. The number of carbonyl (C=O) groups is 1. The second kappa shape index (κ2) is 6.83. The van der Waals surface area contributed by atoms with Crippen molar-refractivity contribution in [2.24, 2.45) is 0 Å². The van der Waals surface area contributed by atoms with Crippen LogP contribution in [0.25, 0.3) is 10.8 Å². The summed E-state index contributed by atoms with van der Waals surface area (Å²) >= 11 is 0. The van der Waals surface area contributed by atoms with E-state index in [0.717, 1.165) is 22.2 Å². The smallest absolute Gasteiger partial charge is 0.321 e. The van der Waals surface area contributed by atoms with Gasteiger partial charge in [-0.2, -0.15) is 0 Å². The van der Waals surface area contributed by atoms with Crippen LogP contribution in [-0.2, 0) is 0 Å². The molecule has 116 valence electrons. The summed E-state index contributed by atoms with van der Waals surface area (Å²) in [5.41, 5.74) is 1.91. The van der Waals surface area contributed by atoms with E-state index in [4.69, 9.17) is 4.74 Å². The molecule has 0 saturated carbocycles. The third kappa shape index (κ3) is 4.01. The Labute approximate surface area is 135 Å². The van der Waals surface area contributed by atoms with Gasteiger partial charge in [-0.1, -0.05) is 48.0 Å². The molecule has 0 aromatic heterocycles. The maximum absolute atomic E-state index is 11.9. The van der Waals surface area contributed by atoms with Gasteiger partial charge in [0.05, 0.1) is 0 Å². The van der Waals surface area contributed by atoms with Gasteiger partial charge >= 0.3 is 6.03 Å². The van der Waals surface area contributed by atoms with Crippen LogP contribution in [0.2, 0.25) is 0 Å². The van der Waals surface area contributed by atoms with E-state index in [1.165, 1.54) is 5.56 Å². The Morgan fingerprint density at radius 3 is 2.48 bits per heavy atom. The highest BCUT2D eigenvalue weighted by Gasteiger charge is 2.02. The molecule has 2 amide bonds. The summed E-state index contributed by atoms with van der Waals surface area (Å²) in [7, 11) is 0. The zero-order chi connectivity index (χ0) is 16.1. The zero-order valence-corrected chi connectivity index (χ0v) is 12.9. The number of hydrogen-bond acceptors (Lipinski definition) is 2. The van der Waals surface area contributed by atoms with Gasteiger partial charge in [0.1, 0.15) is 5.75 Å². The average molecular weight is 306 g/mol. The summed E-state index contributed by atoms with van der Waals surface area (Å²) in [6, 6.07) is 21.2. The summed E-state index contributed by atoms with van der Waals surface area (Å²) in [5.74, 6) is 0.724. The number of rotatable bonds is 4. The molecule has 0 bridgehead atoms. The Morgan fingerprint density at radius 1 is 0.957 bits per heavy atom. The molecule has 0 aliphatic carbocycles. The molecule has 4 heteroatoms. The van der Waals surface area contributed by atoms with Crippen molar-refractivity contribution in [3.8, 4) is 5.75 Å². The second-order valence-corrected chi connectivity index (χ2v) is 5.29. The van der Waals surface area contributed by atoms with E-state index in [1.807, 2.05) is 73.7 Å². The largest absolute Gasteiger partial charge is 0.473 e. The molecule has 0 spiro atoms. The number of anilines is 1. The van der Waals surface area contributed by atoms with Gasteiger partial charge < -0.3 is 15.4 Å².